The zero-order valence-electron chi connectivity index (χ0n) is 29.3. The van der Waals surface area contributed by atoms with Crippen molar-refractivity contribution >= 4 is 141 Å². The van der Waals surface area contributed by atoms with E-state index in [0.29, 0.717) is 30.9 Å². The van der Waals surface area contributed by atoms with Gasteiger partial charge in [0, 0.05) is 74.6 Å². The van der Waals surface area contributed by atoms with E-state index in [4.69, 9.17) is 41.2 Å². The Bertz CT molecular complexity index is 1730. The van der Waals surface area contributed by atoms with Gasteiger partial charge >= 0.3 is 0 Å². The summed E-state index contributed by atoms with van der Waals surface area (Å²) < 4.78 is 23.7. The van der Waals surface area contributed by atoms with Crippen LogP contribution in [0.1, 0.15) is 31.8 Å². The fourth-order valence-electron chi connectivity index (χ4n) is 3.66. The van der Waals surface area contributed by atoms with E-state index >= 15 is 0 Å². The number of benzene rings is 4. The van der Waals surface area contributed by atoms with Crippen LogP contribution < -0.4 is 11.1 Å². The highest BCUT2D eigenvalue weighted by molar-refractivity contribution is 9.11. The molecular formula is C36H38Br4Cl4N4O7S. The molecule has 2 aliphatic heterocycles. The largest absolute Gasteiger partial charge is 0.476 e. The number of amides is 1. The van der Waals surface area contributed by atoms with E-state index in [1.807, 2.05) is 48.5 Å². The molecule has 0 saturated heterocycles. The normalized spacial score (nSPS) is 11.8. The molecule has 0 unspecified atom stereocenters. The van der Waals surface area contributed by atoms with Crippen LogP contribution in [0, 0.1) is 0 Å². The molecule has 0 radical (unpaired) electrons. The Morgan fingerprint density at radius 3 is 1.27 bits per heavy atom. The maximum atomic E-state index is 11.3. The van der Waals surface area contributed by atoms with Gasteiger partial charge in [-0.3, -0.25) is 9.59 Å². The molecule has 0 fully saturated rings. The number of aliphatic hydroxyl groups excluding tert-OH is 2. The fourth-order valence-corrected chi connectivity index (χ4v) is 4.84. The van der Waals surface area contributed by atoms with Crippen molar-refractivity contribution in [2.24, 2.45) is 15.7 Å². The Kier molecular flexibility index (Phi) is 31.8. The van der Waals surface area contributed by atoms with Gasteiger partial charge in [-0.25, -0.2) is 14.2 Å². The third-order valence-corrected chi connectivity index (χ3v) is 8.39. The number of hydrogen-bond donors (Lipinski definition) is 4. The zero-order chi connectivity index (χ0) is 41.0. The van der Waals surface area contributed by atoms with Crippen molar-refractivity contribution in [3.63, 3.8) is 0 Å². The fraction of sp³-hybridized carbons (Fsp3) is 0.222. The van der Waals surface area contributed by atoms with Crippen molar-refractivity contribution in [2.75, 3.05) is 52.6 Å². The summed E-state index contributed by atoms with van der Waals surface area (Å²) in [7, 11) is 7.36. The minimum atomic E-state index is -1.67. The number of ether oxygens (including phenoxy) is 2. The summed E-state index contributed by atoms with van der Waals surface area (Å²) in [4.78, 5) is 30.2. The van der Waals surface area contributed by atoms with Gasteiger partial charge in [0.15, 0.2) is 0 Å². The number of nitrogens with zero attached hydrogens (tertiary/aromatic N) is 2. The number of halogens is 8. The first-order valence-corrected chi connectivity index (χ1v) is 22.2. The highest BCUT2D eigenvalue weighted by Gasteiger charge is 2.10. The lowest BCUT2D eigenvalue weighted by atomic mass is 10.2. The van der Waals surface area contributed by atoms with E-state index in [0.717, 1.165) is 53.9 Å². The van der Waals surface area contributed by atoms with Crippen molar-refractivity contribution in [1.82, 2.24) is 5.32 Å². The van der Waals surface area contributed by atoms with Crippen LogP contribution in [0.15, 0.2) is 125 Å². The van der Waals surface area contributed by atoms with E-state index in [1.54, 1.807) is 48.5 Å². The second-order valence-electron chi connectivity index (χ2n) is 10.0. The predicted molar refractivity (Wildman–Crippen MR) is 244 cm³/mol. The summed E-state index contributed by atoms with van der Waals surface area (Å²) in [5.41, 5.74) is 7.99. The van der Waals surface area contributed by atoms with Crippen molar-refractivity contribution in [1.29, 1.82) is 0 Å². The molecule has 306 valence electrons. The van der Waals surface area contributed by atoms with Crippen molar-refractivity contribution in [2.45, 2.75) is 0 Å². The number of carbonyl (C=O) groups is 2. The van der Waals surface area contributed by atoms with Gasteiger partial charge in [0.05, 0.1) is 26.3 Å². The van der Waals surface area contributed by atoms with E-state index in [-0.39, 0.29) is 38.1 Å². The summed E-state index contributed by atoms with van der Waals surface area (Å²) in [6, 6.07) is 29.8. The molecule has 11 nitrogen and oxygen atoms in total. The predicted octanol–water partition coefficient (Wildman–Crippen LogP) is 8.85. The molecule has 0 aliphatic carbocycles. The smallest absolute Gasteiger partial charge is 0.252 e. The van der Waals surface area contributed by atoms with Crippen LogP contribution >= 0.6 is 109 Å². The monoisotopic (exact) mass is 1130 g/mol. The number of carbonyl (C=O) groups excluding carboxylic acids is 2. The zero-order valence-corrected chi connectivity index (χ0v) is 39.5. The van der Waals surface area contributed by atoms with Crippen molar-refractivity contribution in [3.05, 3.63) is 137 Å². The topological polar surface area (TPSA) is 173 Å². The molecule has 1 amide bonds. The Morgan fingerprint density at radius 1 is 0.679 bits per heavy atom. The SMILES string of the molecule is Brc1ccc(C2=NCCO2)cc1.Brc1ccc(C2=NCCO2)cc1.Cl.NCCO.O=C(Cl)c1ccc(Br)cc1.O=C(NCCO)c1ccc(Br)cc1.O=S(Cl)Cl. The first kappa shape index (κ1) is 54.1. The maximum absolute atomic E-state index is 11.3. The molecule has 0 bridgehead atoms. The Morgan fingerprint density at radius 2 is 1.00 bits per heavy atom. The van der Waals surface area contributed by atoms with E-state index < -0.39 is 14.5 Å². The number of aliphatic hydroxyl groups is 2. The van der Waals surface area contributed by atoms with Gasteiger partial charge in [0.2, 0.25) is 21.0 Å². The second kappa shape index (κ2) is 33.0. The Balaban J connectivity index is 0.000000674. The van der Waals surface area contributed by atoms with E-state index in [2.05, 4.69) is 100 Å². The quantitative estimate of drug-likeness (QED) is 0.133. The average molecular weight is 1130 g/mol. The number of nitrogens with one attached hydrogen (secondary N) is 1. The second-order valence-corrected chi connectivity index (χ2v) is 16.6. The van der Waals surface area contributed by atoms with Gasteiger partial charge < -0.3 is 30.7 Å². The lowest BCUT2D eigenvalue weighted by Gasteiger charge is -2.02. The summed E-state index contributed by atoms with van der Waals surface area (Å²) in [6.07, 6.45) is 0. The van der Waals surface area contributed by atoms with Crippen LogP contribution in [0.4, 0.5) is 0 Å². The highest BCUT2D eigenvalue weighted by Crippen LogP contribution is 2.15. The lowest BCUT2D eigenvalue weighted by molar-refractivity contribution is 0.0944. The molecule has 0 atom stereocenters. The van der Waals surface area contributed by atoms with Gasteiger partial charge in [-0.05, 0) is 109 Å². The van der Waals surface area contributed by atoms with E-state index in [1.165, 1.54) is 0 Å². The molecule has 2 aliphatic rings. The number of nitrogens with two attached hydrogens (primary N) is 1. The van der Waals surface area contributed by atoms with Gasteiger partial charge in [0.25, 0.3) is 11.1 Å². The molecule has 6 rings (SSSR count). The lowest BCUT2D eigenvalue weighted by Crippen LogP contribution is -2.26. The van der Waals surface area contributed by atoms with Gasteiger partial charge in [-0.15, -0.1) is 12.4 Å². The molecule has 0 spiro atoms. The molecular weight excluding hydrogens is 1090 g/mol. The number of rotatable bonds is 7. The molecule has 4 aromatic carbocycles. The van der Waals surface area contributed by atoms with Crippen LogP contribution in [-0.2, 0) is 18.7 Å². The first-order chi connectivity index (χ1) is 26.3. The van der Waals surface area contributed by atoms with Crippen LogP contribution in [0.25, 0.3) is 0 Å². The van der Waals surface area contributed by atoms with Crippen LogP contribution in [0.3, 0.4) is 0 Å². The molecule has 2 heterocycles. The first-order valence-electron chi connectivity index (χ1n) is 15.8. The number of hydrogen-bond acceptors (Lipinski definition) is 10. The number of aliphatic imine (C=N–C) groups is 2. The van der Waals surface area contributed by atoms with Crippen LogP contribution in [0.5, 0.6) is 0 Å². The third-order valence-electron chi connectivity index (χ3n) is 6.06. The molecule has 0 saturated carbocycles. The van der Waals surface area contributed by atoms with Gasteiger partial charge in [-0.1, -0.05) is 63.7 Å². The highest BCUT2D eigenvalue weighted by atomic mass is 79.9. The van der Waals surface area contributed by atoms with Gasteiger partial charge in [0.1, 0.15) is 13.2 Å². The maximum Gasteiger partial charge on any atom is 0.252 e. The van der Waals surface area contributed by atoms with Crippen molar-refractivity contribution < 1.29 is 33.5 Å². The summed E-state index contributed by atoms with van der Waals surface area (Å²) in [5.74, 6) is 1.37. The molecule has 4 aromatic rings. The third kappa shape index (κ3) is 25.4. The minimum Gasteiger partial charge on any atom is -0.476 e. The standard InChI is InChI=1S/C9H10BrNO2.2C9H8BrNO.C7H4BrClO.C2H7NO.Cl2OS.ClH/c10-8-3-1-7(2-4-8)9(13)11-5-6-12;2*10-8-3-1-7(2-4-8)9-11-5-6-12-9;8-6-3-1-5(2-4-6)7(9)10;3-1-2-4;1-4(2)3;/h1-4,12H,5-6H2,(H,11,13);2*1-4H,5-6H2;1-4H;4H,1-3H2;;1H. The summed E-state index contributed by atoms with van der Waals surface area (Å²) in [6.45, 7) is 3.71. The van der Waals surface area contributed by atoms with Crippen LogP contribution in [0.2, 0.25) is 0 Å². The molecule has 56 heavy (non-hydrogen) atoms. The van der Waals surface area contributed by atoms with Crippen molar-refractivity contribution in [3.8, 4) is 0 Å². The Hall–Kier alpha value is -1.93. The summed E-state index contributed by atoms with van der Waals surface area (Å²) >= 11 is 18.5. The van der Waals surface area contributed by atoms with Crippen LogP contribution in [-0.4, -0.2) is 90.0 Å². The Labute approximate surface area is 382 Å². The molecule has 5 N–H and O–H groups in total. The summed E-state index contributed by atoms with van der Waals surface area (Å²) in [5, 5.41) is 18.4. The van der Waals surface area contributed by atoms with Gasteiger partial charge in [-0.2, -0.15) is 0 Å². The van der Waals surface area contributed by atoms with E-state index in [9.17, 15) is 9.59 Å². The average Bonchev–Trinajstić information content (AvgIpc) is 3.92. The molecule has 0 aromatic heterocycles. The minimum absolute atomic E-state index is 0. The molecule has 20 heteroatoms.